The molecule has 0 spiro atoms. The van der Waals surface area contributed by atoms with Gasteiger partial charge in [-0.1, -0.05) is 0 Å². The summed E-state index contributed by atoms with van der Waals surface area (Å²) < 4.78 is 0. The minimum Gasteiger partial charge on any atom is -0.310 e. The number of nitrogens with one attached hydrogen (secondary N) is 1. The van der Waals surface area contributed by atoms with Crippen molar-refractivity contribution in [3.05, 3.63) is 5.82 Å². The zero-order chi connectivity index (χ0) is 12.5. The van der Waals surface area contributed by atoms with E-state index in [9.17, 15) is 0 Å². The van der Waals surface area contributed by atoms with Crippen LogP contribution < -0.4 is 5.32 Å². The molecule has 2 rings (SSSR count). The summed E-state index contributed by atoms with van der Waals surface area (Å²) in [4.78, 5) is 3.94. The van der Waals surface area contributed by atoms with Crippen molar-refractivity contribution in [3.8, 4) is 0 Å². The van der Waals surface area contributed by atoms with Gasteiger partial charge in [-0.15, -0.1) is 10.2 Å². The van der Waals surface area contributed by atoms with Crippen molar-refractivity contribution in [1.29, 1.82) is 0 Å². The van der Waals surface area contributed by atoms with Gasteiger partial charge in [0.2, 0.25) is 0 Å². The van der Waals surface area contributed by atoms with Gasteiger partial charge in [-0.25, -0.2) is 0 Å². The molecular formula is C11H22N6. The quantitative estimate of drug-likeness (QED) is 0.796. The van der Waals surface area contributed by atoms with Gasteiger partial charge in [0.1, 0.15) is 0 Å². The molecule has 2 heterocycles. The zero-order valence-corrected chi connectivity index (χ0v) is 11.1. The molecule has 0 aromatic carbocycles. The number of hydrogen-bond donors (Lipinski definition) is 1. The summed E-state index contributed by atoms with van der Waals surface area (Å²) in [5, 5.41) is 15.8. The third kappa shape index (κ3) is 3.23. The largest absolute Gasteiger partial charge is 0.310 e. The SMILES string of the molecule is CC1CCNC(C)(C)CN1Cc1nnn(C)n1. The van der Waals surface area contributed by atoms with Crippen LogP contribution >= 0.6 is 0 Å². The smallest absolute Gasteiger partial charge is 0.188 e. The highest BCUT2D eigenvalue weighted by molar-refractivity contribution is 4.90. The number of hydrogen-bond acceptors (Lipinski definition) is 5. The van der Waals surface area contributed by atoms with Crippen molar-refractivity contribution in [2.24, 2.45) is 7.05 Å². The second-order valence-electron chi connectivity index (χ2n) is 5.55. The lowest BCUT2D eigenvalue weighted by Gasteiger charge is -2.31. The lowest BCUT2D eigenvalue weighted by atomic mass is 10.1. The fraction of sp³-hybridized carbons (Fsp3) is 0.909. The highest BCUT2D eigenvalue weighted by atomic mass is 15.6. The molecule has 96 valence electrons. The molecule has 0 radical (unpaired) electrons. The maximum atomic E-state index is 4.25. The van der Waals surface area contributed by atoms with Crippen molar-refractivity contribution in [1.82, 2.24) is 30.4 Å². The average molecular weight is 238 g/mol. The van der Waals surface area contributed by atoms with Crippen molar-refractivity contribution >= 4 is 0 Å². The molecular weight excluding hydrogens is 216 g/mol. The maximum absolute atomic E-state index is 4.25. The molecule has 6 heteroatoms. The molecule has 1 unspecified atom stereocenters. The Labute approximate surface area is 102 Å². The second-order valence-corrected chi connectivity index (χ2v) is 5.55. The first-order valence-electron chi connectivity index (χ1n) is 6.18. The van der Waals surface area contributed by atoms with Crippen LogP contribution in [0.15, 0.2) is 0 Å². The molecule has 0 aliphatic carbocycles. The van der Waals surface area contributed by atoms with Crippen LogP contribution in [0.3, 0.4) is 0 Å². The van der Waals surface area contributed by atoms with Gasteiger partial charge in [0.25, 0.3) is 0 Å². The van der Waals surface area contributed by atoms with E-state index in [-0.39, 0.29) is 5.54 Å². The summed E-state index contributed by atoms with van der Waals surface area (Å²) in [6.45, 7) is 9.59. The topological polar surface area (TPSA) is 58.9 Å². The van der Waals surface area contributed by atoms with Crippen molar-refractivity contribution in [2.75, 3.05) is 13.1 Å². The Bertz CT molecular complexity index is 372. The van der Waals surface area contributed by atoms with E-state index < -0.39 is 0 Å². The molecule has 1 N–H and O–H groups in total. The van der Waals surface area contributed by atoms with Gasteiger partial charge >= 0.3 is 0 Å². The van der Waals surface area contributed by atoms with Crippen LogP contribution in [0.4, 0.5) is 0 Å². The van der Waals surface area contributed by atoms with E-state index in [2.05, 4.69) is 46.4 Å². The van der Waals surface area contributed by atoms with E-state index >= 15 is 0 Å². The highest BCUT2D eigenvalue weighted by Crippen LogP contribution is 2.16. The standard InChI is InChI=1S/C11H22N6/c1-9-5-6-12-11(2,3)8-17(9)7-10-13-15-16(4)14-10/h9,12H,5-8H2,1-4H3. The Kier molecular flexibility index (Phi) is 3.44. The molecule has 6 nitrogen and oxygen atoms in total. The predicted octanol–water partition coefficient (Wildman–Crippen LogP) is 0.173. The van der Waals surface area contributed by atoms with Crippen LogP contribution in [0.1, 0.15) is 33.0 Å². The summed E-state index contributed by atoms with van der Waals surface area (Å²) >= 11 is 0. The normalized spacial score (nSPS) is 25.8. The molecule has 1 fully saturated rings. The molecule has 1 aromatic heterocycles. The fourth-order valence-electron chi connectivity index (χ4n) is 2.30. The lowest BCUT2D eigenvalue weighted by Crippen LogP contribution is -2.47. The summed E-state index contributed by atoms with van der Waals surface area (Å²) in [6, 6.07) is 0.549. The van der Waals surface area contributed by atoms with Crippen molar-refractivity contribution in [3.63, 3.8) is 0 Å². The maximum Gasteiger partial charge on any atom is 0.188 e. The molecule has 1 aliphatic heterocycles. The van der Waals surface area contributed by atoms with Gasteiger partial charge in [0.15, 0.2) is 5.82 Å². The van der Waals surface area contributed by atoms with Crippen molar-refractivity contribution < 1.29 is 0 Å². The summed E-state index contributed by atoms with van der Waals surface area (Å²) in [5.74, 6) is 0.803. The van der Waals surface area contributed by atoms with Gasteiger partial charge in [-0.3, -0.25) is 4.90 Å². The number of aromatic nitrogens is 4. The van der Waals surface area contributed by atoms with Crippen LogP contribution in [0, 0.1) is 0 Å². The van der Waals surface area contributed by atoms with E-state index in [4.69, 9.17) is 0 Å². The average Bonchev–Trinajstić information content (AvgIpc) is 2.56. The molecule has 0 bridgehead atoms. The van der Waals surface area contributed by atoms with E-state index in [0.29, 0.717) is 6.04 Å². The molecule has 0 saturated carbocycles. The van der Waals surface area contributed by atoms with Gasteiger partial charge in [0, 0.05) is 18.1 Å². The van der Waals surface area contributed by atoms with Crippen LogP contribution in [-0.4, -0.2) is 49.8 Å². The minimum atomic E-state index is 0.146. The minimum absolute atomic E-state index is 0.146. The molecule has 1 atom stereocenters. The first-order chi connectivity index (χ1) is 7.96. The monoisotopic (exact) mass is 238 g/mol. The fourth-order valence-corrected chi connectivity index (χ4v) is 2.30. The summed E-state index contributed by atoms with van der Waals surface area (Å²) in [7, 11) is 1.80. The van der Waals surface area contributed by atoms with Crippen LogP contribution in [-0.2, 0) is 13.6 Å². The van der Waals surface area contributed by atoms with Gasteiger partial charge in [0.05, 0.1) is 13.6 Å². The van der Waals surface area contributed by atoms with Crippen molar-refractivity contribution in [2.45, 2.75) is 45.3 Å². The summed E-state index contributed by atoms with van der Waals surface area (Å²) in [6.07, 6.45) is 1.16. The highest BCUT2D eigenvalue weighted by Gasteiger charge is 2.28. The molecule has 1 aliphatic rings. The van der Waals surface area contributed by atoms with E-state index in [1.54, 1.807) is 7.05 Å². The Hall–Kier alpha value is -1.01. The van der Waals surface area contributed by atoms with E-state index in [0.717, 1.165) is 31.9 Å². The molecule has 1 saturated heterocycles. The molecule has 1 aromatic rings. The Morgan fingerprint density at radius 3 is 2.88 bits per heavy atom. The van der Waals surface area contributed by atoms with E-state index in [1.807, 2.05) is 0 Å². The molecule has 17 heavy (non-hydrogen) atoms. The second kappa shape index (κ2) is 4.70. The third-order valence-corrected chi connectivity index (χ3v) is 3.28. The number of tetrazole rings is 1. The Morgan fingerprint density at radius 2 is 2.24 bits per heavy atom. The van der Waals surface area contributed by atoms with Crippen LogP contribution in [0.25, 0.3) is 0 Å². The Balaban J connectivity index is 2.06. The van der Waals surface area contributed by atoms with E-state index in [1.165, 1.54) is 4.80 Å². The van der Waals surface area contributed by atoms with Gasteiger partial charge < -0.3 is 5.32 Å². The van der Waals surface area contributed by atoms with Crippen LogP contribution in [0.5, 0.6) is 0 Å². The Morgan fingerprint density at radius 1 is 1.47 bits per heavy atom. The zero-order valence-electron chi connectivity index (χ0n) is 11.1. The molecule has 0 amide bonds. The number of nitrogens with zero attached hydrogens (tertiary/aromatic N) is 5. The first-order valence-corrected chi connectivity index (χ1v) is 6.18. The van der Waals surface area contributed by atoms with Gasteiger partial charge in [-0.2, -0.15) is 4.80 Å². The summed E-state index contributed by atoms with van der Waals surface area (Å²) in [5.41, 5.74) is 0.146. The lowest BCUT2D eigenvalue weighted by molar-refractivity contribution is 0.169. The number of aryl methyl sites for hydroxylation is 1. The van der Waals surface area contributed by atoms with Crippen LogP contribution in [0.2, 0.25) is 0 Å². The predicted molar refractivity (Wildman–Crippen MR) is 65.4 cm³/mol. The third-order valence-electron chi connectivity index (χ3n) is 3.28. The van der Waals surface area contributed by atoms with Gasteiger partial charge in [-0.05, 0) is 39.0 Å². The first kappa shape index (κ1) is 12.4. The number of rotatable bonds is 2.